The van der Waals surface area contributed by atoms with E-state index < -0.39 is 11.9 Å². The van der Waals surface area contributed by atoms with Crippen LogP contribution in [-0.4, -0.2) is 16.2 Å². The Morgan fingerprint density at radius 3 is 2.14 bits per heavy atom. The van der Waals surface area contributed by atoms with Crippen LogP contribution in [0.4, 0.5) is 10.5 Å². The molecule has 0 atom stereocenters. The minimum atomic E-state index is -0.628. The van der Waals surface area contributed by atoms with Gasteiger partial charge in [0, 0.05) is 20.2 Å². The Morgan fingerprint density at radius 1 is 1.00 bits per heavy atom. The van der Waals surface area contributed by atoms with Gasteiger partial charge >= 0.3 is 6.03 Å². The van der Waals surface area contributed by atoms with Crippen LogP contribution in [0.15, 0.2) is 57.5 Å². The lowest BCUT2D eigenvalue weighted by Gasteiger charge is -2.15. The van der Waals surface area contributed by atoms with Gasteiger partial charge in [0.25, 0.3) is 5.91 Å². The summed E-state index contributed by atoms with van der Waals surface area (Å²) >= 11 is 10.6. The summed E-state index contributed by atoms with van der Waals surface area (Å²) in [5, 5.41) is 2.60. The van der Waals surface area contributed by atoms with Crippen LogP contribution in [0.3, 0.4) is 0 Å². The van der Waals surface area contributed by atoms with E-state index in [9.17, 15) is 9.59 Å². The van der Waals surface area contributed by atoms with Crippen molar-refractivity contribution in [1.82, 2.24) is 4.31 Å². The number of imide groups is 1. The van der Waals surface area contributed by atoms with E-state index in [-0.39, 0.29) is 0 Å². The Kier molecular flexibility index (Phi) is 5.44. The summed E-state index contributed by atoms with van der Waals surface area (Å²) in [5.74, 6) is -0.495. The molecule has 0 heterocycles. The van der Waals surface area contributed by atoms with Gasteiger partial charge in [0.1, 0.15) is 0 Å². The minimum absolute atomic E-state index is 0.387. The Labute approximate surface area is 144 Å². The van der Waals surface area contributed by atoms with Crippen LogP contribution in [0.2, 0.25) is 0 Å². The minimum Gasteiger partial charge on any atom is -0.307 e. The maximum absolute atomic E-state index is 12.1. The van der Waals surface area contributed by atoms with Crippen molar-refractivity contribution in [2.75, 3.05) is 5.32 Å². The molecule has 0 aliphatic rings. The van der Waals surface area contributed by atoms with Crippen LogP contribution in [0.25, 0.3) is 0 Å². The van der Waals surface area contributed by atoms with Crippen LogP contribution >= 0.6 is 44.7 Å². The van der Waals surface area contributed by atoms with Gasteiger partial charge in [-0.3, -0.25) is 4.79 Å². The molecular weight excluding hydrogens is 420 g/mol. The summed E-state index contributed by atoms with van der Waals surface area (Å²) in [4.78, 5) is 24.1. The molecule has 0 radical (unpaired) electrons. The molecule has 7 heteroatoms. The molecule has 0 saturated carbocycles. The fraction of sp³-hybridized carbons (Fsp3) is 0. The maximum Gasteiger partial charge on any atom is 0.338 e. The quantitative estimate of drug-likeness (QED) is 0.678. The van der Waals surface area contributed by atoms with Crippen molar-refractivity contribution in [2.45, 2.75) is 0 Å². The van der Waals surface area contributed by atoms with E-state index in [4.69, 9.17) is 0 Å². The van der Waals surface area contributed by atoms with Crippen LogP contribution in [-0.2, 0) is 0 Å². The lowest BCUT2D eigenvalue weighted by atomic mass is 10.2. The number of hydrogen-bond donors (Lipinski definition) is 2. The molecule has 0 spiro atoms. The zero-order valence-electron chi connectivity index (χ0n) is 10.6. The molecule has 4 nitrogen and oxygen atoms in total. The number of halogens is 2. The molecule has 1 N–H and O–H groups in total. The second-order valence-corrected chi connectivity index (χ2v) is 6.30. The SMILES string of the molecule is O=C(Nc1cc(Br)cc(Br)c1)N(S)C(=O)c1ccccc1. The van der Waals surface area contributed by atoms with Gasteiger partial charge in [0.05, 0.1) is 0 Å². The second-order valence-electron chi connectivity index (χ2n) is 4.07. The first-order valence-corrected chi connectivity index (χ1v) is 7.81. The normalized spacial score (nSPS) is 10.0. The number of carbonyl (C=O) groups excluding carboxylic acids is 2. The third-order valence-corrected chi connectivity index (χ3v) is 3.80. The van der Waals surface area contributed by atoms with Crippen molar-refractivity contribution in [3.8, 4) is 0 Å². The zero-order chi connectivity index (χ0) is 15.4. The van der Waals surface area contributed by atoms with Crippen molar-refractivity contribution in [2.24, 2.45) is 0 Å². The van der Waals surface area contributed by atoms with Gasteiger partial charge in [-0.05, 0) is 30.3 Å². The largest absolute Gasteiger partial charge is 0.338 e. The number of nitrogens with zero attached hydrogens (tertiary/aromatic N) is 1. The van der Waals surface area contributed by atoms with E-state index in [1.54, 1.807) is 42.5 Å². The molecule has 0 saturated heterocycles. The summed E-state index contributed by atoms with van der Waals surface area (Å²) in [6, 6.07) is 13.1. The molecule has 0 aromatic heterocycles. The van der Waals surface area contributed by atoms with Gasteiger partial charge in [-0.15, -0.1) is 0 Å². The van der Waals surface area contributed by atoms with Gasteiger partial charge in [0.15, 0.2) is 0 Å². The van der Waals surface area contributed by atoms with Gasteiger partial charge in [-0.2, -0.15) is 0 Å². The molecular formula is C14H10Br2N2O2S. The topological polar surface area (TPSA) is 49.4 Å². The van der Waals surface area contributed by atoms with Gasteiger partial charge in [-0.25, -0.2) is 9.10 Å². The molecule has 2 aromatic rings. The Morgan fingerprint density at radius 2 is 1.57 bits per heavy atom. The second kappa shape index (κ2) is 7.11. The molecule has 0 aliphatic heterocycles. The number of amides is 3. The zero-order valence-corrected chi connectivity index (χ0v) is 14.7. The standard InChI is InChI=1S/C14H10Br2N2O2S/c15-10-6-11(16)8-12(7-10)17-14(20)18(21)13(19)9-4-2-1-3-5-9/h1-8,21H,(H,17,20). The predicted octanol–water partition coefficient (Wildman–Crippen LogP) is 4.73. The number of hydrogen-bond acceptors (Lipinski definition) is 3. The molecule has 0 fully saturated rings. The van der Waals surface area contributed by atoms with E-state index in [2.05, 4.69) is 50.0 Å². The van der Waals surface area contributed by atoms with Crippen molar-refractivity contribution in [3.05, 3.63) is 63.0 Å². The van der Waals surface area contributed by atoms with E-state index >= 15 is 0 Å². The van der Waals surface area contributed by atoms with E-state index in [0.29, 0.717) is 11.3 Å². The lowest BCUT2D eigenvalue weighted by Crippen LogP contribution is -2.32. The van der Waals surface area contributed by atoms with Crippen LogP contribution < -0.4 is 5.32 Å². The third kappa shape index (κ3) is 4.33. The Bertz CT molecular complexity index is 660. The summed E-state index contributed by atoms with van der Waals surface area (Å²) in [7, 11) is 0. The van der Waals surface area contributed by atoms with Gasteiger partial charge < -0.3 is 5.32 Å². The third-order valence-electron chi connectivity index (χ3n) is 2.52. The summed E-state index contributed by atoms with van der Waals surface area (Å²) in [6.45, 7) is 0. The van der Waals surface area contributed by atoms with E-state index in [0.717, 1.165) is 13.3 Å². The first-order chi connectivity index (χ1) is 9.97. The smallest absolute Gasteiger partial charge is 0.307 e. The highest BCUT2D eigenvalue weighted by atomic mass is 79.9. The van der Waals surface area contributed by atoms with Crippen molar-refractivity contribution in [3.63, 3.8) is 0 Å². The van der Waals surface area contributed by atoms with Crippen LogP contribution in [0.5, 0.6) is 0 Å². The molecule has 21 heavy (non-hydrogen) atoms. The first kappa shape index (κ1) is 16.1. The number of carbonyl (C=O) groups is 2. The monoisotopic (exact) mass is 428 g/mol. The average molecular weight is 430 g/mol. The van der Waals surface area contributed by atoms with Gasteiger partial charge in [-0.1, -0.05) is 62.9 Å². The van der Waals surface area contributed by atoms with Gasteiger partial charge in [0.2, 0.25) is 0 Å². The van der Waals surface area contributed by atoms with Crippen molar-refractivity contribution in [1.29, 1.82) is 0 Å². The molecule has 0 unspecified atom stereocenters. The highest BCUT2D eigenvalue weighted by Crippen LogP contribution is 2.23. The number of benzene rings is 2. The first-order valence-electron chi connectivity index (χ1n) is 5.83. The number of nitrogens with one attached hydrogen (secondary N) is 1. The van der Waals surface area contributed by atoms with Crippen LogP contribution in [0, 0.1) is 0 Å². The van der Waals surface area contributed by atoms with Crippen LogP contribution in [0.1, 0.15) is 10.4 Å². The lowest BCUT2D eigenvalue weighted by molar-refractivity contribution is 0.0902. The number of anilines is 1. The Hall–Kier alpha value is -1.31. The summed E-state index contributed by atoms with van der Waals surface area (Å²) < 4.78 is 2.34. The molecule has 2 rings (SSSR count). The fourth-order valence-corrected chi connectivity index (χ4v) is 3.06. The number of urea groups is 1. The summed E-state index contributed by atoms with van der Waals surface area (Å²) in [5.41, 5.74) is 0.930. The predicted molar refractivity (Wildman–Crippen MR) is 92.5 cm³/mol. The van der Waals surface area contributed by atoms with E-state index in [1.807, 2.05) is 6.07 Å². The molecule has 3 amide bonds. The Balaban J connectivity index is 2.11. The van der Waals surface area contributed by atoms with Crippen molar-refractivity contribution < 1.29 is 9.59 Å². The number of thiol groups is 1. The van der Waals surface area contributed by atoms with Crippen molar-refractivity contribution >= 4 is 62.3 Å². The summed E-state index contributed by atoms with van der Waals surface area (Å²) in [6.07, 6.45) is 0. The highest BCUT2D eigenvalue weighted by molar-refractivity contribution is 9.11. The molecule has 2 aromatic carbocycles. The molecule has 0 aliphatic carbocycles. The molecule has 108 valence electrons. The number of rotatable bonds is 2. The molecule has 0 bridgehead atoms. The maximum atomic E-state index is 12.1. The average Bonchev–Trinajstić information content (AvgIpc) is 2.45. The highest BCUT2D eigenvalue weighted by Gasteiger charge is 2.19. The fourth-order valence-electron chi connectivity index (χ4n) is 1.60. The van der Waals surface area contributed by atoms with E-state index in [1.165, 1.54) is 0 Å².